The summed E-state index contributed by atoms with van der Waals surface area (Å²) in [4.78, 5) is 4.54. The van der Waals surface area contributed by atoms with Crippen molar-refractivity contribution in [2.75, 3.05) is 7.11 Å². The highest BCUT2D eigenvalue weighted by Gasteiger charge is 2.09. The van der Waals surface area contributed by atoms with Crippen molar-refractivity contribution in [3.8, 4) is 22.8 Å². The second-order valence-electron chi connectivity index (χ2n) is 5.48. The first kappa shape index (κ1) is 16.1. The molecule has 1 aromatic heterocycles. The van der Waals surface area contributed by atoms with E-state index in [1.165, 1.54) is 12.1 Å². The highest BCUT2D eigenvalue weighted by Crippen LogP contribution is 2.30. The number of methoxy groups -OCH3 is 1. The van der Waals surface area contributed by atoms with Gasteiger partial charge in [0, 0.05) is 23.9 Å². The lowest BCUT2D eigenvalue weighted by Crippen LogP contribution is -1.96. The summed E-state index contributed by atoms with van der Waals surface area (Å²) in [5.74, 6) is 0.968. The number of pyridine rings is 1. The van der Waals surface area contributed by atoms with Gasteiger partial charge in [0.05, 0.1) is 12.3 Å². The topological polar surface area (TPSA) is 31.4 Å². The average molecular weight is 323 g/mol. The fourth-order valence-electron chi connectivity index (χ4n) is 2.44. The van der Waals surface area contributed by atoms with E-state index in [1.807, 2.05) is 43.3 Å². The Kier molecular flexibility index (Phi) is 4.87. The summed E-state index contributed by atoms with van der Waals surface area (Å²) < 4.78 is 24.2. The number of ether oxygens (including phenoxy) is 2. The first-order valence-electron chi connectivity index (χ1n) is 7.65. The molecule has 0 aliphatic rings. The Morgan fingerprint density at radius 3 is 2.50 bits per heavy atom. The maximum absolute atomic E-state index is 13.0. The molecule has 3 aromatic rings. The number of rotatable bonds is 5. The van der Waals surface area contributed by atoms with Crippen LogP contribution < -0.4 is 4.74 Å². The van der Waals surface area contributed by atoms with E-state index in [0.717, 1.165) is 22.5 Å². The Hall–Kier alpha value is -2.72. The molecular weight excluding hydrogens is 305 g/mol. The van der Waals surface area contributed by atoms with Crippen molar-refractivity contribution >= 4 is 0 Å². The molecule has 0 amide bonds. The van der Waals surface area contributed by atoms with Crippen molar-refractivity contribution in [2.45, 2.75) is 13.5 Å². The first-order valence-corrected chi connectivity index (χ1v) is 7.65. The summed E-state index contributed by atoms with van der Waals surface area (Å²) in [6.07, 6.45) is 0. The Morgan fingerprint density at radius 2 is 1.79 bits per heavy atom. The predicted molar refractivity (Wildman–Crippen MR) is 91.6 cm³/mol. The van der Waals surface area contributed by atoms with E-state index in [2.05, 4.69) is 4.98 Å². The predicted octanol–water partition coefficient (Wildman–Crippen LogP) is 5.13. The Labute approximate surface area is 140 Å². The number of hydrogen-bond acceptors (Lipinski definition) is 3. The summed E-state index contributed by atoms with van der Waals surface area (Å²) >= 11 is 0. The average Bonchev–Trinajstić information content (AvgIpc) is 2.58. The molecule has 0 saturated heterocycles. The normalized spacial score (nSPS) is 10.6. The van der Waals surface area contributed by atoms with E-state index in [0.29, 0.717) is 18.1 Å². The van der Waals surface area contributed by atoms with E-state index < -0.39 is 0 Å². The Morgan fingerprint density at radius 1 is 1.00 bits per heavy atom. The molecule has 1 heterocycles. The lowest BCUT2D eigenvalue weighted by atomic mass is 10.1. The van der Waals surface area contributed by atoms with Crippen LogP contribution in [-0.4, -0.2) is 12.1 Å². The third-order valence-corrected chi connectivity index (χ3v) is 3.59. The SMILES string of the molecule is COCc1cc(-c2cccc(C)n2)ccc1Oc1ccc(F)cc1. The summed E-state index contributed by atoms with van der Waals surface area (Å²) in [6, 6.07) is 17.7. The van der Waals surface area contributed by atoms with Crippen molar-refractivity contribution in [1.82, 2.24) is 4.98 Å². The van der Waals surface area contributed by atoms with Gasteiger partial charge in [-0.3, -0.25) is 4.98 Å². The molecule has 2 aromatic carbocycles. The molecule has 0 N–H and O–H groups in total. The number of halogens is 1. The van der Waals surface area contributed by atoms with Crippen LogP contribution in [0.25, 0.3) is 11.3 Å². The molecule has 0 unspecified atom stereocenters. The minimum atomic E-state index is -0.291. The lowest BCUT2D eigenvalue weighted by Gasteiger charge is -2.13. The molecule has 0 spiro atoms. The van der Waals surface area contributed by atoms with Crippen LogP contribution in [-0.2, 0) is 11.3 Å². The maximum Gasteiger partial charge on any atom is 0.132 e. The van der Waals surface area contributed by atoms with Gasteiger partial charge in [-0.25, -0.2) is 4.39 Å². The van der Waals surface area contributed by atoms with Gasteiger partial charge in [0.25, 0.3) is 0 Å². The van der Waals surface area contributed by atoms with Crippen LogP contribution in [0, 0.1) is 12.7 Å². The molecule has 0 bridgehead atoms. The van der Waals surface area contributed by atoms with Crippen LogP contribution in [0.1, 0.15) is 11.3 Å². The molecule has 0 radical (unpaired) electrons. The molecule has 0 fully saturated rings. The zero-order chi connectivity index (χ0) is 16.9. The molecule has 4 heteroatoms. The monoisotopic (exact) mass is 323 g/mol. The van der Waals surface area contributed by atoms with Crippen molar-refractivity contribution in [2.24, 2.45) is 0 Å². The van der Waals surface area contributed by atoms with E-state index in [4.69, 9.17) is 9.47 Å². The minimum Gasteiger partial charge on any atom is -0.457 e. The number of nitrogens with zero attached hydrogens (tertiary/aromatic N) is 1. The summed E-state index contributed by atoms with van der Waals surface area (Å²) in [5.41, 5.74) is 3.77. The lowest BCUT2D eigenvalue weighted by molar-refractivity contribution is 0.182. The largest absolute Gasteiger partial charge is 0.457 e. The van der Waals surface area contributed by atoms with Gasteiger partial charge in [0.15, 0.2) is 0 Å². The van der Waals surface area contributed by atoms with Crippen molar-refractivity contribution < 1.29 is 13.9 Å². The van der Waals surface area contributed by atoms with E-state index in [1.54, 1.807) is 19.2 Å². The van der Waals surface area contributed by atoms with Crippen LogP contribution in [0.15, 0.2) is 60.7 Å². The number of hydrogen-bond donors (Lipinski definition) is 0. The molecule has 3 nitrogen and oxygen atoms in total. The zero-order valence-corrected chi connectivity index (χ0v) is 13.6. The summed E-state index contributed by atoms with van der Waals surface area (Å²) in [7, 11) is 1.64. The fraction of sp³-hybridized carbons (Fsp3) is 0.150. The van der Waals surface area contributed by atoms with E-state index >= 15 is 0 Å². The second kappa shape index (κ2) is 7.23. The molecule has 0 aliphatic carbocycles. The minimum absolute atomic E-state index is 0.291. The number of benzene rings is 2. The zero-order valence-electron chi connectivity index (χ0n) is 13.6. The quantitative estimate of drug-likeness (QED) is 0.652. The van der Waals surface area contributed by atoms with Crippen LogP contribution in [0.5, 0.6) is 11.5 Å². The number of aryl methyl sites for hydroxylation is 1. The molecule has 0 aliphatic heterocycles. The van der Waals surface area contributed by atoms with Gasteiger partial charge in [-0.15, -0.1) is 0 Å². The number of aromatic nitrogens is 1. The van der Waals surface area contributed by atoms with Gasteiger partial charge in [-0.2, -0.15) is 0 Å². The van der Waals surface area contributed by atoms with E-state index in [-0.39, 0.29) is 5.82 Å². The Balaban J connectivity index is 1.93. The fourth-order valence-corrected chi connectivity index (χ4v) is 2.44. The smallest absolute Gasteiger partial charge is 0.132 e. The molecule has 3 rings (SSSR count). The molecule has 24 heavy (non-hydrogen) atoms. The Bertz CT molecular complexity index is 831. The van der Waals surface area contributed by atoms with Gasteiger partial charge < -0.3 is 9.47 Å². The molecule has 122 valence electrons. The van der Waals surface area contributed by atoms with E-state index in [9.17, 15) is 4.39 Å². The van der Waals surface area contributed by atoms with Gasteiger partial charge in [-0.05, 0) is 61.5 Å². The summed E-state index contributed by atoms with van der Waals surface area (Å²) in [6.45, 7) is 2.38. The summed E-state index contributed by atoms with van der Waals surface area (Å²) in [5, 5.41) is 0. The van der Waals surface area contributed by atoms with Gasteiger partial charge >= 0.3 is 0 Å². The van der Waals surface area contributed by atoms with Crippen molar-refractivity contribution in [3.63, 3.8) is 0 Å². The van der Waals surface area contributed by atoms with Crippen LogP contribution in [0.2, 0.25) is 0 Å². The van der Waals surface area contributed by atoms with Gasteiger partial charge in [0.1, 0.15) is 17.3 Å². The van der Waals surface area contributed by atoms with Crippen molar-refractivity contribution in [1.29, 1.82) is 0 Å². The van der Waals surface area contributed by atoms with Crippen LogP contribution >= 0.6 is 0 Å². The third kappa shape index (κ3) is 3.78. The van der Waals surface area contributed by atoms with Gasteiger partial charge in [-0.1, -0.05) is 6.07 Å². The molecular formula is C20H18FNO2. The molecule has 0 atom stereocenters. The van der Waals surface area contributed by atoms with Crippen LogP contribution in [0.4, 0.5) is 4.39 Å². The standard InChI is InChI=1S/C20H18FNO2/c1-14-4-3-5-19(22-14)15-6-11-20(16(12-15)13-23-2)24-18-9-7-17(21)8-10-18/h3-12H,13H2,1-2H3. The maximum atomic E-state index is 13.0. The van der Waals surface area contributed by atoms with Gasteiger partial charge in [0.2, 0.25) is 0 Å². The second-order valence-corrected chi connectivity index (χ2v) is 5.48. The first-order chi connectivity index (χ1) is 11.7. The highest BCUT2D eigenvalue weighted by molar-refractivity contribution is 5.62. The molecule has 0 saturated carbocycles. The third-order valence-electron chi connectivity index (χ3n) is 3.59. The van der Waals surface area contributed by atoms with Crippen molar-refractivity contribution in [3.05, 3.63) is 77.7 Å². The van der Waals surface area contributed by atoms with Crippen LogP contribution in [0.3, 0.4) is 0 Å². The highest BCUT2D eigenvalue weighted by atomic mass is 19.1.